The number of aryl methyl sites for hydroxylation is 1. The molecule has 17 heavy (non-hydrogen) atoms. The molecular weight excluding hydrogens is 208 g/mol. The molecule has 0 saturated heterocycles. The second kappa shape index (κ2) is 3.63. The number of hydrogen-bond acceptors (Lipinski definition) is 1. The molecule has 0 spiro atoms. The minimum absolute atomic E-state index is 1.01. The standard InChI is InChI=1S/C16H15O/c1-10-9-17-16(11(10)2)15-8-13-6-4-5-7-14(13)12(15)3/h4-9H,1-3H3. The first kappa shape index (κ1) is 10.4. The van der Waals surface area contributed by atoms with Crippen LogP contribution < -0.4 is 0 Å². The zero-order chi connectivity index (χ0) is 12.0. The van der Waals surface area contributed by atoms with E-state index < -0.39 is 0 Å². The van der Waals surface area contributed by atoms with Gasteiger partial charge in [0.15, 0.2) is 0 Å². The molecule has 1 aliphatic carbocycles. The summed E-state index contributed by atoms with van der Waals surface area (Å²) >= 11 is 0. The van der Waals surface area contributed by atoms with Crippen LogP contribution in [-0.4, -0.2) is 0 Å². The molecule has 0 unspecified atom stereocenters. The van der Waals surface area contributed by atoms with Crippen LogP contribution in [0.5, 0.6) is 0 Å². The maximum atomic E-state index is 5.69. The maximum Gasteiger partial charge on any atom is 0.133 e. The highest BCUT2D eigenvalue weighted by Crippen LogP contribution is 2.42. The van der Waals surface area contributed by atoms with Gasteiger partial charge in [0, 0.05) is 11.5 Å². The summed E-state index contributed by atoms with van der Waals surface area (Å²) < 4.78 is 5.69. The van der Waals surface area contributed by atoms with E-state index >= 15 is 0 Å². The van der Waals surface area contributed by atoms with Gasteiger partial charge in [-0.15, -0.1) is 0 Å². The molecule has 1 heterocycles. The summed E-state index contributed by atoms with van der Waals surface area (Å²) in [6.07, 6.45) is 4.05. The Kier molecular flexibility index (Phi) is 2.22. The lowest BCUT2D eigenvalue weighted by Gasteiger charge is -2.09. The number of furan rings is 1. The Morgan fingerprint density at radius 1 is 1.00 bits per heavy atom. The third kappa shape index (κ3) is 1.46. The van der Waals surface area contributed by atoms with Gasteiger partial charge in [-0.25, -0.2) is 0 Å². The van der Waals surface area contributed by atoms with Crippen LogP contribution in [-0.2, 0) is 0 Å². The van der Waals surface area contributed by atoms with Gasteiger partial charge in [-0.3, -0.25) is 0 Å². The summed E-state index contributed by atoms with van der Waals surface area (Å²) in [4.78, 5) is 0. The molecule has 3 rings (SSSR count). The van der Waals surface area contributed by atoms with Crippen LogP contribution in [0.4, 0.5) is 0 Å². The van der Waals surface area contributed by atoms with E-state index in [0.29, 0.717) is 0 Å². The quantitative estimate of drug-likeness (QED) is 0.698. The predicted molar refractivity (Wildman–Crippen MR) is 70.5 cm³/mol. The second-order valence-electron chi connectivity index (χ2n) is 4.64. The molecule has 1 aromatic heterocycles. The van der Waals surface area contributed by atoms with E-state index in [1.54, 1.807) is 0 Å². The fraction of sp³-hybridized carbons (Fsp3) is 0.188. The number of benzene rings is 1. The Labute approximate surface area is 102 Å². The minimum Gasteiger partial charge on any atom is -0.464 e. The molecule has 0 N–H and O–H groups in total. The van der Waals surface area contributed by atoms with Crippen molar-refractivity contribution in [2.45, 2.75) is 20.8 Å². The molecule has 0 atom stereocenters. The lowest BCUT2D eigenvalue weighted by molar-refractivity contribution is 0.549. The molecule has 0 aliphatic heterocycles. The van der Waals surface area contributed by atoms with Crippen molar-refractivity contribution in [1.29, 1.82) is 0 Å². The summed E-state index contributed by atoms with van der Waals surface area (Å²) in [5.41, 5.74) is 6.27. The predicted octanol–water partition coefficient (Wildman–Crippen LogP) is 4.39. The Balaban J connectivity index is 2.12. The van der Waals surface area contributed by atoms with E-state index in [0.717, 1.165) is 5.76 Å². The summed E-state index contributed by atoms with van der Waals surface area (Å²) in [6.45, 7) is 6.36. The molecule has 2 aromatic rings. The molecule has 1 heteroatoms. The average molecular weight is 223 g/mol. The summed E-state index contributed by atoms with van der Waals surface area (Å²) in [6, 6.07) is 8.47. The van der Waals surface area contributed by atoms with Crippen LogP contribution >= 0.6 is 0 Å². The van der Waals surface area contributed by atoms with Crippen LogP contribution in [0.1, 0.15) is 34.9 Å². The number of allylic oxidation sites excluding steroid dienone is 1. The zero-order valence-electron chi connectivity index (χ0n) is 10.4. The molecule has 0 amide bonds. The molecule has 0 fully saturated rings. The van der Waals surface area contributed by atoms with Gasteiger partial charge in [0.2, 0.25) is 0 Å². The van der Waals surface area contributed by atoms with Crippen molar-refractivity contribution in [2.75, 3.05) is 0 Å². The first-order chi connectivity index (χ1) is 8.18. The zero-order valence-corrected chi connectivity index (χ0v) is 10.4. The number of hydrogen-bond donors (Lipinski definition) is 0. The van der Waals surface area contributed by atoms with Gasteiger partial charge in [-0.1, -0.05) is 31.2 Å². The highest BCUT2D eigenvalue weighted by atomic mass is 16.3. The van der Waals surface area contributed by atoms with E-state index in [2.05, 4.69) is 51.1 Å². The Morgan fingerprint density at radius 3 is 2.41 bits per heavy atom. The fourth-order valence-electron chi connectivity index (χ4n) is 2.38. The molecule has 1 radical (unpaired) electrons. The fourth-order valence-corrected chi connectivity index (χ4v) is 2.38. The van der Waals surface area contributed by atoms with Gasteiger partial charge in [-0.05, 0) is 42.2 Å². The smallest absolute Gasteiger partial charge is 0.133 e. The number of rotatable bonds is 1. The van der Waals surface area contributed by atoms with Crippen LogP contribution in [0, 0.1) is 19.8 Å². The van der Waals surface area contributed by atoms with E-state index in [1.165, 1.54) is 33.7 Å². The van der Waals surface area contributed by atoms with Crippen molar-refractivity contribution < 1.29 is 4.42 Å². The number of fused-ring (bicyclic) bond motifs is 1. The van der Waals surface area contributed by atoms with E-state index in [9.17, 15) is 0 Å². The van der Waals surface area contributed by atoms with Gasteiger partial charge in [0.25, 0.3) is 0 Å². The first-order valence-corrected chi connectivity index (χ1v) is 5.88. The normalized spacial score (nSPS) is 14.9. The highest BCUT2D eigenvalue weighted by molar-refractivity contribution is 5.97. The third-order valence-corrected chi connectivity index (χ3v) is 3.60. The Morgan fingerprint density at radius 2 is 1.76 bits per heavy atom. The minimum atomic E-state index is 1.01. The topological polar surface area (TPSA) is 13.1 Å². The van der Waals surface area contributed by atoms with Crippen LogP contribution in [0.3, 0.4) is 0 Å². The summed E-state index contributed by atoms with van der Waals surface area (Å²) in [5.74, 6) is 2.31. The van der Waals surface area contributed by atoms with Gasteiger partial charge in [-0.2, -0.15) is 0 Å². The van der Waals surface area contributed by atoms with Crippen molar-refractivity contribution >= 4 is 11.6 Å². The van der Waals surface area contributed by atoms with Crippen molar-refractivity contribution in [3.8, 4) is 0 Å². The second-order valence-corrected chi connectivity index (χ2v) is 4.64. The first-order valence-electron chi connectivity index (χ1n) is 5.88. The van der Waals surface area contributed by atoms with Gasteiger partial charge < -0.3 is 4.42 Å². The van der Waals surface area contributed by atoms with E-state index in [1.807, 2.05) is 6.26 Å². The lowest BCUT2D eigenvalue weighted by atomic mass is 9.95. The molecular formula is C16H15O. The van der Waals surface area contributed by atoms with Crippen LogP contribution in [0.25, 0.3) is 11.6 Å². The molecule has 1 nitrogen and oxygen atoms in total. The van der Waals surface area contributed by atoms with Gasteiger partial charge >= 0.3 is 0 Å². The van der Waals surface area contributed by atoms with Crippen molar-refractivity contribution in [1.82, 2.24) is 0 Å². The van der Waals surface area contributed by atoms with Crippen LogP contribution in [0.2, 0.25) is 0 Å². The molecule has 0 saturated carbocycles. The van der Waals surface area contributed by atoms with E-state index in [-0.39, 0.29) is 0 Å². The van der Waals surface area contributed by atoms with E-state index in [4.69, 9.17) is 4.42 Å². The average Bonchev–Trinajstić information content (AvgIpc) is 2.83. The summed E-state index contributed by atoms with van der Waals surface area (Å²) in [7, 11) is 0. The maximum absolute atomic E-state index is 5.69. The SMILES string of the molecule is C[C]1C(c2occ(C)c2C)=Cc2ccccc21. The van der Waals surface area contributed by atoms with Crippen LogP contribution in [0.15, 0.2) is 34.9 Å². The van der Waals surface area contributed by atoms with Crippen molar-refractivity contribution in [2.24, 2.45) is 0 Å². The molecule has 0 bridgehead atoms. The van der Waals surface area contributed by atoms with Gasteiger partial charge in [0.1, 0.15) is 5.76 Å². The van der Waals surface area contributed by atoms with Crippen molar-refractivity contribution in [3.63, 3.8) is 0 Å². The third-order valence-electron chi connectivity index (χ3n) is 3.60. The highest BCUT2D eigenvalue weighted by Gasteiger charge is 2.26. The van der Waals surface area contributed by atoms with Crippen molar-refractivity contribution in [3.05, 3.63) is 64.5 Å². The monoisotopic (exact) mass is 223 g/mol. The Bertz CT molecular complexity index is 602. The molecule has 1 aliphatic rings. The molecule has 1 aromatic carbocycles. The largest absolute Gasteiger partial charge is 0.464 e. The summed E-state index contributed by atoms with van der Waals surface area (Å²) in [5, 5.41) is 0. The molecule has 85 valence electrons. The Hall–Kier alpha value is -1.76. The lowest BCUT2D eigenvalue weighted by Crippen LogP contribution is -1.94. The van der Waals surface area contributed by atoms with Gasteiger partial charge in [0.05, 0.1) is 6.26 Å².